The number of likely N-dealkylation sites (N-methyl/N-ethyl adjacent to an activating group) is 1. The van der Waals surface area contributed by atoms with Crippen LogP contribution in [0.3, 0.4) is 0 Å². The van der Waals surface area contributed by atoms with Gasteiger partial charge in [0.15, 0.2) is 0 Å². The van der Waals surface area contributed by atoms with Crippen molar-refractivity contribution in [1.29, 1.82) is 0 Å². The quantitative estimate of drug-likeness (QED) is 0.775. The lowest BCUT2D eigenvalue weighted by atomic mass is 10.0. The van der Waals surface area contributed by atoms with Gasteiger partial charge in [0.2, 0.25) is 0 Å². The summed E-state index contributed by atoms with van der Waals surface area (Å²) in [6.07, 6.45) is 2.49. The zero-order valence-corrected chi connectivity index (χ0v) is 15.7. The zero-order valence-electron chi connectivity index (χ0n) is 15.7. The first-order valence-electron chi connectivity index (χ1n) is 8.53. The van der Waals surface area contributed by atoms with E-state index >= 15 is 0 Å². The Hall–Kier alpha value is -2.56. The Morgan fingerprint density at radius 2 is 1.88 bits per heavy atom. The fourth-order valence-electron chi connectivity index (χ4n) is 2.83. The molecule has 0 aliphatic rings. The molecule has 0 saturated carbocycles. The smallest absolute Gasteiger partial charge is 0.254 e. The SMILES string of the molecule is CCN(C(=O)c1ccnc(N(C)C)c1)[C@H](C)Cc1ccc(OC)cc1. The number of nitrogens with zero attached hydrogens (tertiary/aromatic N) is 3. The van der Waals surface area contributed by atoms with Gasteiger partial charge in [-0.1, -0.05) is 12.1 Å². The molecule has 25 heavy (non-hydrogen) atoms. The largest absolute Gasteiger partial charge is 0.497 e. The summed E-state index contributed by atoms with van der Waals surface area (Å²) in [7, 11) is 5.49. The highest BCUT2D eigenvalue weighted by molar-refractivity contribution is 5.95. The summed E-state index contributed by atoms with van der Waals surface area (Å²) in [4.78, 5) is 21.0. The standard InChI is InChI=1S/C20H27N3O2/c1-6-23(15(2)13-16-7-9-18(25-5)10-8-16)20(24)17-11-12-21-19(14-17)22(3)4/h7-12,14-15H,6,13H2,1-5H3/t15-/m1/s1. The summed E-state index contributed by atoms with van der Waals surface area (Å²) >= 11 is 0. The van der Waals surface area contributed by atoms with E-state index in [1.165, 1.54) is 5.56 Å². The maximum atomic E-state index is 12.9. The summed E-state index contributed by atoms with van der Waals surface area (Å²) < 4.78 is 5.19. The number of benzene rings is 1. The summed E-state index contributed by atoms with van der Waals surface area (Å²) in [6.45, 7) is 4.76. The van der Waals surface area contributed by atoms with E-state index in [-0.39, 0.29) is 11.9 Å². The van der Waals surface area contributed by atoms with Crippen molar-refractivity contribution in [2.24, 2.45) is 0 Å². The molecule has 0 N–H and O–H groups in total. The van der Waals surface area contributed by atoms with Crippen LogP contribution in [0.1, 0.15) is 29.8 Å². The number of aromatic nitrogens is 1. The van der Waals surface area contributed by atoms with Crippen LogP contribution in [0.15, 0.2) is 42.6 Å². The predicted molar refractivity (Wildman–Crippen MR) is 101 cm³/mol. The van der Waals surface area contributed by atoms with Gasteiger partial charge in [0.05, 0.1) is 7.11 Å². The Kier molecular flexibility index (Phi) is 6.39. The molecule has 1 heterocycles. The van der Waals surface area contributed by atoms with Gasteiger partial charge in [0.1, 0.15) is 11.6 Å². The van der Waals surface area contributed by atoms with Gasteiger partial charge in [-0.25, -0.2) is 4.98 Å². The molecule has 1 aromatic heterocycles. The molecule has 0 spiro atoms. The number of hydrogen-bond acceptors (Lipinski definition) is 4. The van der Waals surface area contributed by atoms with Crippen molar-refractivity contribution in [3.05, 3.63) is 53.7 Å². The van der Waals surface area contributed by atoms with E-state index in [0.29, 0.717) is 12.1 Å². The highest BCUT2D eigenvalue weighted by Crippen LogP contribution is 2.17. The molecule has 5 heteroatoms. The molecule has 1 atom stereocenters. The van der Waals surface area contributed by atoms with Gasteiger partial charge in [0, 0.05) is 38.4 Å². The average molecular weight is 341 g/mol. The first-order chi connectivity index (χ1) is 12.0. The minimum absolute atomic E-state index is 0.0361. The van der Waals surface area contributed by atoms with Gasteiger partial charge >= 0.3 is 0 Å². The van der Waals surface area contributed by atoms with Crippen LogP contribution in [-0.4, -0.2) is 49.6 Å². The third kappa shape index (κ3) is 4.72. The number of amides is 1. The van der Waals surface area contributed by atoms with E-state index in [1.54, 1.807) is 19.4 Å². The molecule has 0 unspecified atom stereocenters. The highest BCUT2D eigenvalue weighted by Gasteiger charge is 2.21. The molecule has 1 aromatic carbocycles. The Bertz CT molecular complexity index is 698. The molecule has 2 rings (SSSR count). The van der Waals surface area contributed by atoms with Crippen molar-refractivity contribution in [3.63, 3.8) is 0 Å². The van der Waals surface area contributed by atoms with Crippen molar-refractivity contribution < 1.29 is 9.53 Å². The zero-order chi connectivity index (χ0) is 18.4. The summed E-state index contributed by atoms with van der Waals surface area (Å²) in [6, 6.07) is 11.7. The lowest BCUT2D eigenvalue weighted by molar-refractivity contribution is 0.0703. The van der Waals surface area contributed by atoms with Crippen LogP contribution in [0.25, 0.3) is 0 Å². The summed E-state index contributed by atoms with van der Waals surface area (Å²) in [5.41, 5.74) is 1.85. The summed E-state index contributed by atoms with van der Waals surface area (Å²) in [5.74, 6) is 1.66. The van der Waals surface area contributed by atoms with E-state index in [0.717, 1.165) is 18.0 Å². The van der Waals surface area contributed by atoms with Crippen LogP contribution in [-0.2, 0) is 6.42 Å². The van der Waals surface area contributed by atoms with Crippen LogP contribution in [0.2, 0.25) is 0 Å². The maximum Gasteiger partial charge on any atom is 0.254 e. The molecule has 0 saturated heterocycles. The van der Waals surface area contributed by atoms with Crippen molar-refractivity contribution >= 4 is 11.7 Å². The number of methoxy groups -OCH3 is 1. The van der Waals surface area contributed by atoms with Crippen molar-refractivity contribution in [1.82, 2.24) is 9.88 Å². The molecule has 0 radical (unpaired) electrons. The highest BCUT2D eigenvalue weighted by atomic mass is 16.5. The second-order valence-electron chi connectivity index (χ2n) is 6.29. The first kappa shape index (κ1) is 18.8. The topological polar surface area (TPSA) is 45.7 Å². The van der Waals surface area contributed by atoms with Gasteiger partial charge in [-0.2, -0.15) is 0 Å². The van der Waals surface area contributed by atoms with E-state index < -0.39 is 0 Å². The van der Waals surface area contributed by atoms with E-state index in [2.05, 4.69) is 11.9 Å². The number of hydrogen-bond donors (Lipinski definition) is 0. The third-order valence-electron chi connectivity index (χ3n) is 4.27. The van der Waals surface area contributed by atoms with Crippen molar-refractivity contribution in [2.75, 3.05) is 32.6 Å². The Morgan fingerprint density at radius 1 is 1.20 bits per heavy atom. The van der Waals surface area contributed by atoms with Crippen LogP contribution >= 0.6 is 0 Å². The Balaban J connectivity index is 2.13. The fourth-order valence-corrected chi connectivity index (χ4v) is 2.83. The van der Waals surface area contributed by atoms with Crippen molar-refractivity contribution in [3.8, 4) is 5.75 Å². The minimum Gasteiger partial charge on any atom is -0.497 e. The Labute approximate surface area is 150 Å². The molecular formula is C20H27N3O2. The number of ether oxygens (including phenoxy) is 1. The van der Waals surface area contributed by atoms with E-state index in [1.807, 2.05) is 61.2 Å². The van der Waals surface area contributed by atoms with Crippen LogP contribution in [0, 0.1) is 0 Å². The molecule has 0 bridgehead atoms. The van der Waals surface area contributed by atoms with Gasteiger partial charge in [0.25, 0.3) is 5.91 Å². The number of carbonyl (C=O) groups excluding carboxylic acids is 1. The fraction of sp³-hybridized carbons (Fsp3) is 0.400. The number of carbonyl (C=O) groups is 1. The number of rotatable bonds is 7. The number of pyridine rings is 1. The van der Waals surface area contributed by atoms with Gasteiger partial charge in [-0.05, 0) is 50.1 Å². The van der Waals surface area contributed by atoms with Gasteiger partial charge in [-0.3, -0.25) is 4.79 Å². The normalized spacial score (nSPS) is 11.7. The molecule has 0 aliphatic carbocycles. The van der Waals surface area contributed by atoms with Crippen molar-refractivity contribution in [2.45, 2.75) is 26.3 Å². The molecule has 1 amide bonds. The molecular weight excluding hydrogens is 314 g/mol. The molecule has 0 fully saturated rings. The second kappa shape index (κ2) is 8.51. The molecule has 2 aromatic rings. The van der Waals surface area contributed by atoms with Gasteiger partial charge < -0.3 is 14.5 Å². The van der Waals surface area contributed by atoms with E-state index in [9.17, 15) is 4.79 Å². The first-order valence-corrected chi connectivity index (χ1v) is 8.53. The molecule has 5 nitrogen and oxygen atoms in total. The van der Waals surface area contributed by atoms with E-state index in [4.69, 9.17) is 4.74 Å². The Morgan fingerprint density at radius 3 is 2.44 bits per heavy atom. The molecule has 0 aliphatic heterocycles. The maximum absolute atomic E-state index is 12.9. The van der Waals surface area contributed by atoms with Gasteiger partial charge in [-0.15, -0.1) is 0 Å². The van der Waals surface area contributed by atoms with Crippen LogP contribution < -0.4 is 9.64 Å². The minimum atomic E-state index is 0.0361. The van der Waals surface area contributed by atoms with Crippen LogP contribution in [0.5, 0.6) is 5.75 Å². The molecule has 134 valence electrons. The monoisotopic (exact) mass is 341 g/mol. The predicted octanol–water partition coefficient (Wildman–Crippen LogP) is 3.25. The third-order valence-corrected chi connectivity index (χ3v) is 4.27. The second-order valence-corrected chi connectivity index (χ2v) is 6.29. The number of anilines is 1. The average Bonchev–Trinajstić information content (AvgIpc) is 2.63. The lowest BCUT2D eigenvalue weighted by Crippen LogP contribution is -2.39. The summed E-state index contributed by atoms with van der Waals surface area (Å²) in [5, 5.41) is 0. The van der Waals surface area contributed by atoms with Crippen LogP contribution in [0.4, 0.5) is 5.82 Å². The lowest BCUT2D eigenvalue weighted by Gasteiger charge is -2.28.